The highest BCUT2D eigenvalue weighted by Gasteiger charge is 2.35. The highest BCUT2D eigenvalue weighted by molar-refractivity contribution is 14.1. The first-order valence-corrected chi connectivity index (χ1v) is 6.63. The molecule has 6 nitrogen and oxygen atoms in total. The van der Waals surface area contributed by atoms with E-state index in [1.807, 2.05) is 6.07 Å². The van der Waals surface area contributed by atoms with Crippen molar-refractivity contribution in [3.63, 3.8) is 0 Å². The molecular formula is C12H11IN2O4. The SMILES string of the molecule is O=C1CN(C(=O)c2cccc(I)c2)C(C(=O)O)CN1. The monoisotopic (exact) mass is 374 g/mol. The van der Waals surface area contributed by atoms with Gasteiger partial charge in [0.25, 0.3) is 5.91 Å². The molecule has 19 heavy (non-hydrogen) atoms. The van der Waals surface area contributed by atoms with Gasteiger partial charge in [0.1, 0.15) is 12.6 Å². The van der Waals surface area contributed by atoms with Crippen LogP contribution in [0.25, 0.3) is 0 Å². The van der Waals surface area contributed by atoms with Crippen LogP contribution < -0.4 is 5.32 Å². The van der Waals surface area contributed by atoms with Crippen LogP contribution in [0.2, 0.25) is 0 Å². The van der Waals surface area contributed by atoms with Crippen LogP contribution in [0.3, 0.4) is 0 Å². The fourth-order valence-electron chi connectivity index (χ4n) is 1.86. The van der Waals surface area contributed by atoms with Gasteiger partial charge >= 0.3 is 5.97 Å². The van der Waals surface area contributed by atoms with Crippen molar-refractivity contribution in [1.29, 1.82) is 0 Å². The first kappa shape index (κ1) is 13.8. The zero-order valence-electron chi connectivity index (χ0n) is 9.80. The standard InChI is InChI=1S/C12H11IN2O4/c13-8-3-1-2-7(4-8)11(17)15-6-10(16)14-5-9(15)12(18)19/h1-4,9H,5-6H2,(H,14,16)(H,18,19). The average Bonchev–Trinajstić information content (AvgIpc) is 2.37. The van der Waals surface area contributed by atoms with Crippen LogP contribution in [-0.4, -0.2) is 46.9 Å². The van der Waals surface area contributed by atoms with Gasteiger partial charge in [-0.2, -0.15) is 0 Å². The molecule has 0 radical (unpaired) electrons. The minimum Gasteiger partial charge on any atom is -0.480 e. The molecule has 1 saturated heterocycles. The van der Waals surface area contributed by atoms with Crippen LogP contribution >= 0.6 is 22.6 Å². The smallest absolute Gasteiger partial charge is 0.328 e. The number of nitrogens with zero attached hydrogens (tertiary/aromatic N) is 1. The normalized spacial score (nSPS) is 18.9. The molecule has 1 aromatic rings. The van der Waals surface area contributed by atoms with Gasteiger partial charge in [-0.25, -0.2) is 4.79 Å². The molecule has 1 aliphatic rings. The van der Waals surface area contributed by atoms with Crippen LogP contribution in [0.4, 0.5) is 0 Å². The van der Waals surface area contributed by atoms with Gasteiger partial charge < -0.3 is 15.3 Å². The van der Waals surface area contributed by atoms with E-state index in [-0.39, 0.29) is 19.0 Å². The zero-order chi connectivity index (χ0) is 14.0. The van der Waals surface area contributed by atoms with Crippen molar-refractivity contribution in [2.24, 2.45) is 0 Å². The van der Waals surface area contributed by atoms with Crippen molar-refractivity contribution >= 4 is 40.4 Å². The molecule has 1 aromatic carbocycles. The van der Waals surface area contributed by atoms with Crippen LogP contribution in [0.5, 0.6) is 0 Å². The lowest BCUT2D eigenvalue weighted by molar-refractivity contribution is -0.144. The van der Waals surface area contributed by atoms with E-state index in [0.29, 0.717) is 5.56 Å². The Bertz CT molecular complexity index is 546. The molecule has 1 fully saturated rings. The number of benzene rings is 1. The predicted octanol–water partition coefficient (Wildman–Crippen LogP) is 0.316. The van der Waals surface area contributed by atoms with Crippen LogP contribution in [0.15, 0.2) is 24.3 Å². The minimum atomic E-state index is -1.13. The maximum absolute atomic E-state index is 12.3. The molecule has 0 aromatic heterocycles. The van der Waals surface area contributed by atoms with E-state index in [9.17, 15) is 14.4 Å². The quantitative estimate of drug-likeness (QED) is 0.730. The van der Waals surface area contributed by atoms with Gasteiger partial charge in [-0.15, -0.1) is 0 Å². The number of rotatable bonds is 2. The first-order valence-electron chi connectivity index (χ1n) is 5.55. The van der Waals surface area contributed by atoms with E-state index in [0.717, 1.165) is 8.47 Å². The fraction of sp³-hybridized carbons (Fsp3) is 0.250. The van der Waals surface area contributed by atoms with E-state index in [1.54, 1.807) is 18.2 Å². The summed E-state index contributed by atoms with van der Waals surface area (Å²) in [5, 5.41) is 11.5. The number of halogens is 1. The molecule has 2 rings (SSSR count). The summed E-state index contributed by atoms with van der Waals surface area (Å²) < 4.78 is 0.872. The Labute approximate surface area is 122 Å². The number of carboxylic acids is 1. The molecule has 7 heteroatoms. The summed E-state index contributed by atoms with van der Waals surface area (Å²) in [4.78, 5) is 35.9. The summed E-state index contributed by atoms with van der Waals surface area (Å²) in [6.07, 6.45) is 0. The largest absolute Gasteiger partial charge is 0.480 e. The number of hydrogen-bond donors (Lipinski definition) is 2. The lowest BCUT2D eigenvalue weighted by atomic mass is 10.1. The Balaban J connectivity index is 2.28. The van der Waals surface area contributed by atoms with E-state index < -0.39 is 17.9 Å². The average molecular weight is 374 g/mol. The Morgan fingerprint density at radius 1 is 1.42 bits per heavy atom. The van der Waals surface area contributed by atoms with Crippen LogP contribution in [-0.2, 0) is 9.59 Å². The Morgan fingerprint density at radius 3 is 2.79 bits per heavy atom. The third kappa shape index (κ3) is 3.03. The zero-order valence-corrected chi connectivity index (χ0v) is 12.0. The third-order valence-electron chi connectivity index (χ3n) is 2.80. The maximum atomic E-state index is 12.3. The molecule has 0 saturated carbocycles. The molecule has 1 heterocycles. The van der Waals surface area contributed by atoms with Gasteiger partial charge in [0.05, 0.1) is 0 Å². The molecule has 1 unspecified atom stereocenters. The van der Waals surface area contributed by atoms with E-state index in [2.05, 4.69) is 27.9 Å². The highest BCUT2D eigenvalue weighted by atomic mass is 127. The number of amides is 2. The van der Waals surface area contributed by atoms with Gasteiger partial charge in [-0.05, 0) is 40.8 Å². The summed E-state index contributed by atoms with van der Waals surface area (Å²) in [6.45, 7) is -0.300. The van der Waals surface area contributed by atoms with Gasteiger partial charge in [0.15, 0.2) is 0 Å². The second-order valence-corrected chi connectivity index (χ2v) is 5.35. The fourth-order valence-corrected chi connectivity index (χ4v) is 2.41. The number of hydrogen-bond acceptors (Lipinski definition) is 3. The molecule has 1 aliphatic heterocycles. The van der Waals surface area contributed by atoms with Crippen molar-refractivity contribution in [3.8, 4) is 0 Å². The van der Waals surface area contributed by atoms with Crippen LogP contribution in [0.1, 0.15) is 10.4 Å². The maximum Gasteiger partial charge on any atom is 0.328 e. The van der Waals surface area contributed by atoms with Gasteiger partial charge in [0, 0.05) is 15.7 Å². The van der Waals surface area contributed by atoms with E-state index in [1.165, 1.54) is 0 Å². The molecule has 1 atom stereocenters. The highest BCUT2D eigenvalue weighted by Crippen LogP contribution is 2.14. The molecule has 2 N–H and O–H groups in total. The number of carbonyl (C=O) groups excluding carboxylic acids is 2. The molecular weight excluding hydrogens is 363 g/mol. The molecule has 100 valence electrons. The molecule has 0 aliphatic carbocycles. The van der Waals surface area contributed by atoms with Gasteiger partial charge in [-0.1, -0.05) is 6.07 Å². The first-order chi connectivity index (χ1) is 8.99. The second-order valence-electron chi connectivity index (χ2n) is 4.10. The third-order valence-corrected chi connectivity index (χ3v) is 3.47. The lowest BCUT2D eigenvalue weighted by Gasteiger charge is -2.32. The van der Waals surface area contributed by atoms with Gasteiger partial charge in [-0.3, -0.25) is 9.59 Å². The molecule has 0 bridgehead atoms. The Hall–Kier alpha value is -1.64. The topological polar surface area (TPSA) is 86.7 Å². The molecule has 2 amide bonds. The summed E-state index contributed by atoms with van der Waals surface area (Å²) in [5.41, 5.74) is 0.382. The summed E-state index contributed by atoms with van der Waals surface area (Å²) in [6, 6.07) is 5.79. The van der Waals surface area contributed by atoms with Crippen molar-refractivity contribution in [1.82, 2.24) is 10.2 Å². The summed E-state index contributed by atoms with van der Waals surface area (Å²) in [7, 11) is 0. The Kier molecular flexibility index (Phi) is 4.03. The summed E-state index contributed by atoms with van der Waals surface area (Å²) >= 11 is 2.07. The Morgan fingerprint density at radius 2 is 2.16 bits per heavy atom. The number of piperazine rings is 1. The van der Waals surface area contributed by atoms with Crippen molar-refractivity contribution < 1.29 is 19.5 Å². The van der Waals surface area contributed by atoms with Crippen LogP contribution in [0, 0.1) is 3.57 Å². The number of carbonyl (C=O) groups is 3. The van der Waals surface area contributed by atoms with E-state index in [4.69, 9.17) is 5.11 Å². The van der Waals surface area contributed by atoms with Crippen molar-refractivity contribution in [3.05, 3.63) is 33.4 Å². The van der Waals surface area contributed by atoms with Crippen molar-refractivity contribution in [2.45, 2.75) is 6.04 Å². The number of nitrogens with one attached hydrogen (secondary N) is 1. The predicted molar refractivity (Wildman–Crippen MR) is 74.6 cm³/mol. The van der Waals surface area contributed by atoms with E-state index >= 15 is 0 Å². The van der Waals surface area contributed by atoms with Crippen molar-refractivity contribution in [2.75, 3.05) is 13.1 Å². The summed E-state index contributed by atoms with van der Waals surface area (Å²) in [5.74, 6) is -1.92. The van der Waals surface area contributed by atoms with Gasteiger partial charge in [0.2, 0.25) is 5.91 Å². The minimum absolute atomic E-state index is 0.0656. The molecule has 0 spiro atoms. The number of aliphatic carboxylic acids is 1. The second kappa shape index (κ2) is 5.55. The number of carboxylic acid groups (broad SMARTS) is 1. The lowest BCUT2D eigenvalue weighted by Crippen LogP contribution is -2.59.